The minimum Gasteiger partial charge on any atom is -0.497 e. The normalized spacial score (nSPS) is 15.1. The highest BCUT2D eigenvalue weighted by molar-refractivity contribution is 7.90. The highest BCUT2D eigenvalue weighted by Gasteiger charge is 2.31. The van der Waals surface area contributed by atoms with E-state index in [4.69, 9.17) is 9.47 Å². The molecule has 1 aliphatic heterocycles. The van der Waals surface area contributed by atoms with Crippen molar-refractivity contribution in [3.63, 3.8) is 0 Å². The third kappa shape index (κ3) is 4.19. The molecule has 0 aliphatic carbocycles. The predicted molar refractivity (Wildman–Crippen MR) is 109 cm³/mol. The van der Waals surface area contributed by atoms with Crippen LogP contribution in [0.4, 0.5) is 0 Å². The van der Waals surface area contributed by atoms with Crippen LogP contribution in [0.5, 0.6) is 11.5 Å². The van der Waals surface area contributed by atoms with Crippen molar-refractivity contribution in [1.29, 1.82) is 0 Å². The average Bonchev–Trinajstić information content (AvgIpc) is 2.98. The van der Waals surface area contributed by atoms with E-state index in [9.17, 15) is 13.2 Å². The van der Waals surface area contributed by atoms with E-state index in [1.807, 2.05) is 6.92 Å². The zero-order valence-electron chi connectivity index (χ0n) is 16.7. The Kier molecular flexibility index (Phi) is 5.78. The molecule has 2 aromatic carbocycles. The summed E-state index contributed by atoms with van der Waals surface area (Å²) in [5, 5.41) is 2.90. The van der Waals surface area contributed by atoms with Crippen LogP contribution in [0.25, 0.3) is 0 Å². The smallest absolute Gasteiger partial charge is 0.285 e. The molecule has 0 spiro atoms. The van der Waals surface area contributed by atoms with Crippen molar-refractivity contribution in [1.82, 2.24) is 10.2 Å². The van der Waals surface area contributed by atoms with E-state index in [0.717, 1.165) is 5.56 Å². The number of carbonyl (C=O) groups excluding carboxylic acids is 1. The fourth-order valence-corrected chi connectivity index (χ4v) is 4.45. The molecule has 154 valence electrons. The highest BCUT2D eigenvalue weighted by atomic mass is 32.2. The van der Waals surface area contributed by atoms with Crippen LogP contribution >= 0.6 is 0 Å². The molecular weight excluding hydrogens is 394 g/mol. The number of hydrogen-bond donors (Lipinski definition) is 1. The number of ether oxygens (including phenoxy) is 2. The van der Waals surface area contributed by atoms with Crippen molar-refractivity contribution >= 4 is 21.8 Å². The maximum atomic E-state index is 12.6. The van der Waals surface area contributed by atoms with Crippen molar-refractivity contribution in [3.05, 3.63) is 53.6 Å². The van der Waals surface area contributed by atoms with Gasteiger partial charge < -0.3 is 19.7 Å². The van der Waals surface area contributed by atoms with Crippen LogP contribution in [0.1, 0.15) is 24.1 Å². The van der Waals surface area contributed by atoms with Gasteiger partial charge in [-0.15, -0.1) is 4.40 Å². The summed E-state index contributed by atoms with van der Waals surface area (Å²) >= 11 is 0. The molecule has 0 aromatic heterocycles. The molecule has 1 aliphatic rings. The number of fused-ring (bicyclic) bond motifs is 1. The number of amidine groups is 1. The number of likely N-dealkylation sites (N-methyl/N-ethyl adjacent to an activating group) is 1. The molecule has 1 atom stereocenters. The number of rotatable bonds is 6. The summed E-state index contributed by atoms with van der Waals surface area (Å²) in [7, 11) is 1.02. The van der Waals surface area contributed by atoms with E-state index >= 15 is 0 Å². The van der Waals surface area contributed by atoms with E-state index in [1.165, 1.54) is 11.0 Å². The van der Waals surface area contributed by atoms with Crippen molar-refractivity contribution in [2.45, 2.75) is 17.9 Å². The van der Waals surface area contributed by atoms with Crippen LogP contribution in [0.2, 0.25) is 0 Å². The lowest BCUT2D eigenvalue weighted by Gasteiger charge is -2.22. The van der Waals surface area contributed by atoms with Gasteiger partial charge >= 0.3 is 0 Å². The standard InChI is InChI=1S/C20H23N3O5S/c1-13(16-11-14(27-3)9-10-17(16)28-4)21-19(24)12-23(2)20-15-7-5-6-8-18(15)29(25,26)22-20/h5-11,13H,12H2,1-4H3,(H,21,24)/t13-/m1/s1. The maximum Gasteiger partial charge on any atom is 0.285 e. The van der Waals surface area contributed by atoms with Gasteiger partial charge in [-0.3, -0.25) is 4.79 Å². The Balaban J connectivity index is 1.73. The van der Waals surface area contributed by atoms with Gasteiger partial charge in [-0.1, -0.05) is 12.1 Å². The second-order valence-corrected chi connectivity index (χ2v) is 8.21. The molecule has 8 nitrogen and oxygen atoms in total. The van der Waals surface area contributed by atoms with Crippen molar-refractivity contribution < 1.29 is 22.7 Å². The van der Waals surface area contributed by atoms with Gasteiger partial charge in [0.1, 0.15) is 16.4 Å². The summed E-state index contributed by atoms with van der Waals surface area (Å²) < 4.78 is 38.9. The van der Waals surface area contributed by atoms with Gasteiger partial charge in [0.2, 0.25) is 5.91 Å². The van der Waals surface area contributed by atoms with E-state index in [1.54, 1.807) is 57.7 Å². The summed E-state index contributed by atoms with van der Waals surface area (Å²) in [4.78, 5) is 14.3. The second-order valence-electron chi connectivity index (χ2n) is 6.64. The third-order valence-electron chi connectivity index (χ3n) is 4.64. The first-order valence-electron chi connectivity index (χ1n) is 8.93. The molecule has 0 unspecified atom stereocenters. The van der Waals surface area contributed by atoms with Gasteiger partial charge in [-0.25, -0.2) is 0 Å². The van der Waals surface area contributed by atoms with Crippen molar-refractivity contribution in [2.75, 3.05) is 27.8 Å². The topological polar surface area (TPSA) is 97.3 Å². The summed E-state index contributed by atoms with van der Waals surface area (Å²) in [5.41, 5.74) is 1.26. The van der Waals surface area contributed by atoms with Gasteiger partial charge in [0.05, 0.1) is 26.8 Å². The van der Waals surface area contributed by atoms with Crippen molar-refractivity contribution in [3.8, 4) is 11.5 Å². The van der Waals surface area contributed by atoms with Crippen LogP contribution in [0, 0.1) is 0 Å². The Hall–Kier alpha value is -3.07. The highest BCUT2D eigenvalue weighted by Crippen LogP contribution is 2.29. The van der Waals surface area contributed by atoms with E-state index in [-0.39, 0.29) is 29.2 Å². The molecule has 0 bridgehead atoms. The Morgan fingerprint density at radius 3 is 2.59 bits per heavy atom. The molecule has 0 saturated carbocycles. The van der Waals surface area contributed by atoms with Crippen LogP contribution in [-0.2, 0) is 14.8 Å². The third-order valence-corrected chi connectivity index (χ3v) is 5.96. The molecule has 0 radical (unpaired) electrons. The molecule has 0 saturated heterocycles. The monoisotopic (exact) mass is 417 g/mol. The quantitative estimate of drug-likeness (QED) is 0.772. The number of benzene rings is 2. The van der Waals surface area contributed by atoms with Crippen LogP contribution in [0.15, 0.2) is 51.8 Å². The first kappa shape index (κ1) is 20.7. The van der Waals surface area contributed by atoms with Gasteiger partial charge in [-0.05, 0) is 37.3 Å². The molecular formula is C20H23N3O5S. The summed E-state index contributed by atoms with van der Waals surface area (Å²) in [6.45, 7) is 1.78. The fourth-order valence-electron chi connectivity index (χ4n) is 3.20. The Bertz CT molecular complexity index is 1070. The number of nitrogens with one attached hydrogen (secondary N) is 1. The minimum atomic E-state index is -3.73. The van der Waals surface area contributed by atoms with Gasteiger partial charge in [0.25, 0.3) is 10.0 Å². The minimum absolute atomic E-state index is 0.0562. The lowest BCUT2D eigenvalue weighted by Crippen LogP contribution is -2.39. The number of nitrogens with zero attached hydrogens (tertiary/aromatic N) is 2. The van der Waals surface area contributed by atoms with Crippen molar-refractivity contribution in [2.24, 2.45) is 4.40 Å². The Morgan fingerprint density at radius 2 is 1.90 bits per heavy atom. The SMILES string of the molecule is COc1ccc(OC)c([C@@H](C)NC(=O)CN(C)C2=NS(=O)(=O)c3ccccc32)c1. The van der Waals surface area contributed by atoms with E-state index < -0.39 is 10.0 Å². The number of sulfonamides is 1. The molecule has 9 heteroatoms. The van der Waals surface area contributed by atoms with Crippen LogP contribution in [-0.4, -0.2) is 52.9 Å². The lowest BCUT2D eigenvalue weighted by molar-refractivity contribution is -0.121. The van der Waals surface area contributed by atoms with Crippen LogP contribution < -0.4 is 14.8 Å². The van der Waals surface area contributed by atoms with Crippen LogP contribution in [0.3, 0.4) is 0 Å². The first-order valence-corrected chi connectivity index (χ1v) is 10.4. The summed E-state index contributed by atoms with van der Waals surface area (Å²) in [6.07, 6.45) is 0. The Morgan fingerprint density at radius 1 is 1.17 bits per heavy atom. The average molecular weight is 417 g/mol. The molecule has 29 heavy (non-hydrogen) atoms. The van der Waals surface area contributed by atoms with E-state index in [0.29, 0.717) is 17.1 Å². The second kappa shape index (κ2) is 8.12. The van der Waals surface area contributed by atoms with Gasteiger partial charge in [-0.2, -0.15) is 8.42 Å². The molecule has 2 aromatic rings. The Labute approximate surface area is 170 Å². The molecule has 3 rings (SSSR count). The molecule has 1 N–H and O–H groups in total. The zero-order chi connectivity index (χ0) is 21.2. The zero-order valence-corrected chi connectivity index (χ0v) is 17.5. The number of methoxy groups -OCH3 is 2. The fraction of sp³-hybridized carbons (Fsp3) is 0.300. The van der Waals surface area contributed by atoms with E-state index in [2.05, 4.69) is 9.71 Å². The largest absolute Gasteiger partial charge is 0.497 e. The molecule has 1 heterocycles. The number of carbonyl (C=O) groups is 1. The number of hydrogen-bond acceptors (Lipinski definition) is 6. The summed E-state index contributed by atoms with van der Waals surface area (Å²) in [5.74, 6) is 1.25. The lowest BCUT2D eigenvalue weighted by atomic mass is 10.1. The summed E-state index contributed by atoms with van der Waals surface area (Å²) in [6, 6.07) is 11.6. The first-order chi connectivity index (χ1) is 13.8. The van der Waals surface area contributed by atoms with Gasteiger partial charge in [0.15, 0.2) is 5.84 Å². The predicted octanol–water partition coefficient (Wildman–Crippen LogP) is 1.96. The van der Waals surface area contributed by atoms with Gasteiger partial charge in [0, 0.05) is 18.2 Å². The number of amides is 1. The maximum absolute atomic E-state index is 12.6. The molecule has 1 amide bonds. The molecule has 0 fully saturated rings.